The van der Waals surface area contributed by atoms with Crippen LogP contribution in [-0.2, 0) is 14.4 Å². The van der Waals surface area contributed by atoms with E-state index in [9.17, 15) is 14.4 Å². The lowest BCUT2D eigenvalue weighted by molar-refractivity contribution is -0.151. The van der Waals surface area contributed by atoms with Crippen LogP contribution >= 0.6 is 0 Å². The molecular weight excluding hydrogens is 260 g/mol. The molecule has 0 saturated heterocycles. The SMILES string of the molecule is CC(C)(C)C(C(=O)O)C(=O)NCCCC(=O)NC1CC1. The van der Waals surface area contributed by atoms with Crippen molar-refractivity contribution in [3.63, 3.8) is 0 Å². The standard InChI is InChI=1S/C14H24N2O4/c1-14(2,3)11(13(19)20)12(18)15-8-4-5-10(17)16-9-6-7-9/h9,11H,4-8H2,1-3H3,(H,15,18)(H,16,17)(H,19,20). The summed E-state index contributed by atoms with van der Waals surface area (Å²) in [6.45, 7) is 5.47. The second kappa shape index (κ2) is 6.72. The third-order valence-electron chi connectivity index (χ3n) is 3.20. The van der Waals surface area contributed by atoms with Crippen LogP contribution in [0.3, 0.4) is 0 Å². The van der Waals surface area contributed by atoms with Gasteiger partial charge in [-0.3, -0.25) is 14.4 Å². The van der Waals surface area contributed by atoms with E-state index in [1.807, 2.05) is 0 Å². The molecule has 20 heavy (non-hydrogen) atoms. The second-order valence-electron chi connectivity index (χ2n) is 6.37. The van der Waals surface area contributed by atoms with Crippen LogP contribution in [0.4, 0.5) is 0 Å². The lowest BCUT2D eigenvalue weighted by Gasteiger charge is -2.25. The minimum Gasteiger partial charge on any atom is -0.481 e. The molecule has 114 valence electrons. The Labute approximate surface area is 119 Å². The number of hydrogen-bond donors (Lipinski definition) is 3. The van der Waals surface area contributed by atoms with Gasteiger partial charge in [-0.2, -0.15) is 0 Å². The van der Waals surface area contributed by atoms with Gasteiger partial charge in [0.05, 0.1) is 0 Å². The summed E-state index contributed by atoms with van der Waals surface area (Å²) in [6, 6.07) is 0.342. The molecule has 1 fully saturated rings. The first-order valence-electron chi connectivity index (χ1n) is 7.01. The number of aliphatic carboxylic acids is 1. The predicted molar refractivity (Wildman–Crippen MR) is 74.0 cm³/mol. The Balaban J connectivity index is 2.27. The van der Waals surface area contributed by atoms with Crippen LogP contribution in [0.1, 0.15) is 46.5 Å². The van der Waals surface area contributed by atoms with Crippen molar-refractivity contribution < 1.29 is 19.5 Å². The molecule has 0 bridgehead atoms. The molecule has 0 radical (unpaired) electrons. The molecule has 1 rings (SSSR count). The molecule has 1 aliphatic rings. The number of rotatable bonds is 7. The highest BCUT2D eigenvalue weighted by molar-refractivity contribution is 5.97. The Morgan fingerprint density at radius 1 is 1.25 bits per heavy atom. The van der Waals surface area contributed by atoms with Crippen molar-refractivity contribution in [2.45, 2.75) is 52.5 Å². The molecule has 6 nitrogen and oxygen atoms in total. The first-order valence-corrected chi connectivity index (χ1v) is 7.01. The number of carbonyl (C=O) groups is 3. The maximum absolute atomic E-state index is 11.9. The van der Waals surface area contributed by atoms with Gasteiger partial charge in [0.25, 0.3) is 0 Å². The van der Waals surface area contributed by atoms with Gasteiger partial charge in [-0.15, -0.1) is 0 Å². The van der Waals surface area contributed by atoms with Crippen LogP contribution in [0.25, 0.3) is 0 Å². The zero-order valence-corrected chi connectivity index (χ0v) is 12.4. The minimum atomic E-state index is -1.12. The molecule has 0 spiro atoms. The maximum atomic E-state index is 11.9. The van der Waals surface area contributed by atoms with Gasteiger partial charge in [0, 0.05) is 19.0 Å². The van der Waals surface area contributed by atoms with E-state index >= 15 is 0 Å². The number of carboxylic acid groups (broad SMARTS) is 1. The van der Waals surface area contributed by atoms with Gasteiger partial charge in [-0.1, -0.05) is 20.8 Å². The zero-order chi connectivity index (χ0) is 15.3. The first kappa shape index (κ1) is 16.5. The summed E-state index contributed by atoms with van der Waals surface area (Å²) in [5, 5.41) is 14.6. The molecule has 0 aromatic carbocycles. The van der Waals surface area contributed by atoms with E-state index in [0.717, 1.165) is 12.8 Å². The molecular formula is C14H24N2O4. The van der Waals surface area contributed by atoms with Gasteiger partial charge in [0.15, 0.2) is 0 Å². The number of amides is 2. The summed E-state index contributed by atoms with van der Waals surface area (Å²) in [5.74, 6) is -2.70. The molecule has 2 amide bonds. The quantitative estimate of drug-likeness (QED) is 0.478. The molecule has 0 aromatic heterocycles. The number of carboxylic acids is 1. The van der Waals surface area contributed by atoms with Gasteiger partial charge in [0.1, 0.15) is 5.92 Å². The molecule has 1 aliphatic carbocycles. The fourth-order valence-electron chi connectivity index (χ4n) is 1.97. The van der Waals surface area contributed by atoms with E-state index in [2.05, 4.69) is 10.6 Å². The Morgan fingerprint density at radius 2 is 1.85 bits per heavy atom. The highest BCUT2D eigenvalue weighted by Crippen LogP contribution is 2.26. The minimum absolute atomic E-state index is 0.00708. The zero-order valence-electron chi connectivity index (χ0n) is 12.4. The predicted octanol–water partition coefficient (Wildman–Crippen LogP) is 0.908. The summed E-state index contributed by atoms with van der Waals surface area (Å²) >= 11 is 0. The van der Waals surface area contributed by atoms with Crippen LogP contribution < -0.4 is 10.6 Å². The van der Waals surface area contributed by atoms with Crippen molar-refractivity contribution >= 4 is 17.8 Å². The van der Waals surface area contributed by atoms with Crippen LogP contribution in [-0.4, -0.2) is 35.5 Å². The highest BCUT2D eigenvalue weighted by Gasteiger charge is 2.37. The maximum Gasteiger partial charge on any atom is 0.316 e. The van der Waals surface area contributed by atoms with Crippen molar-refractivity contribution in [2.24, 2.45) is 11.3 Å². The normalized spacial score (nSPS) is 16.4. The lowest BCUT2D eigenvalue weighted by Crippen LogP contribution is -2.43. The topological polar surface area (TPSA) is 95.5 Å². The molecule has 0 heterocycles. The average molecular weight is 284 g/mol. The van der Waals surface area contributed by atoms with Crippen molar-refractivity contribution in [2.75, 3.05) is 6.54 Å². The number of nitrogens with one attached hydrogen (secondary N) is 2. The smallest absolute Gasteiger partial charge is 0.316 e. The van der Waals surface area contributed by atoms with Gasteiger partial charge >= 0.3 is 5.97 Å². The van der Waals surface area contributed by atoms with Gasteiger partial charge in [-0.25, -0.2) is 0 Å². The summed E-state index contributed by atoms with van der Waals surface area (Å²) in [4.78, 5) is 34.4. The number of carbonyl (C=O) groups excluding carboxylic acids is 2. The Morgan fingerprint density at radius 3 is 2.30 bits per heavy atom. The fourth-order valence-corrected chi connectivity index (χ4v) is 1.97. The first-order chi connectivity index (χ1) is 9.21. The van der Waals surface area contributed by atoms with Crippen molar-refractivity contribution in [3.8, 4) is 0 Å². The fraction of sp³-hybridized carbons (Fsp3) is 0.786. The van der Waals surface area contributed by atoms with Crippen LogP contribution in [0.5, 0.6) is 0 Å². The van der Waals surface area contributed by atoms with Crippen molar-refractivity contribution in [1.82, 2.24) is 10.6 Å². The van der Waals surface area contributed by atoms with E-state index in [0.29, 0.717) is 25.4 Å². The summed E-state index contributed by atoms with van der Waals surface area (Å²) in [7, 11) is 0. The Hall–Kier alpha value is -1.59. The second-order valence-corrected chi connectivity index (χ2v) is 6.37. The number of hydrogen-bond acceptors (Lipinski definition) is 3. The van der Waals surface area contributed by atoms with E-state index < -0.39 is 23.2 Å². The molecule has 1 atom stereocenters. The third kappa shape index (κ3) is 5.59. The van der Waals surface area contributed by atoms with E-state index in [-0.39, 0.29) is 5.91 Å². The molecule has 6 heteroatoms. The summed E-state index contributed by atoms with van der Waals surface area (Å²) < 4.78 is 0. The third-order valence-corrected chi connectivity index (χ3v) is 3.20. The molecule has 3 N–H and O–H groups in total. The Bertz CT molecular complexity index is 383. The molecule has 0 aliphatic heterocycles. The summed E-state index contributed by atoms with van der Waals surface area (Å²) in [6.07, 6.45) is 2.97. The summed E-state index contributed by atoms with van der Waals surface area (Å²) in [5.41, 5.74) is -0.640. The van der Waals surface area contributed by atoms with Gasteiger partial charge in [0.2, 0.25) is 11.8 Å². The largest absolute Gasteiger partial charge is 0.481 e. The van der Waals surface area contributed by atoms with E-state index in [1.165, 1.54) is 0 Å². The Kier molecular flexibility index (Phi) is 5.53. The average Bonchev–Trinajstić information content (AvgIpc) is 3.05. The lowest BCUT2D eigenvalue weighted by atomic mass is 9.80. The van der Waals surface area contributed by atoms with E-state index in [1.54, 1.807) is 20.8 Å². The highest BCUT2D eigenvalue weighted by atomic mass is 16.4. The van der Waals surface area contributed by atoms with Crippen LogP contribution in [0.2, 0.25) is 0 Å². The van der Waals surface area contributed by atoms with Crippen LogP contribution in [0.15, 0.2) is 0 Å². The van der Waals surface area contributed by atoms with Crippen LogP contribution in [0, 0.1) is 11.3 Å². The molecule has 0 aromatic rings. The van der Waals surface area contributed by atoms with Gasteiger partial charge < -0.3 is 15.7 Å². The van der Waals surface area contributed by atoms with Crippen molar-refractivity contribution in [1.29, 1.82) is 0 Å². The monoisotopic (exact) mass is 284 g/mol. The van der Waals surface area contributed by atoms with Gasteiger partial charge in [-0.05, 0) is 24.7 Å². The van der Waals surface area contributed by atoms with Crippen molar-refractivity contribution in [3.05, 3.63) is 0 Å². The molecule has 1 saturated carbocycles. The molecule has 1 unspecified atom stereocenters. The van der Waals surface area contributed by atoms with E-state index in [4.69, 9.17) is 5.11 Å².